The van der Waals surface area contributed by atoms with Crippen LogP contribution in [0.2, 0.25) is 0 Å². The van der Waals surface area contributed by atoms with Gasteiger partial charge in [0.2, 0.25) is 0 Å². The lowest BCUT2D eigenvalue weighted by atomic mass is 9.94. The van der Waals surface area contributed by atoms with E-state index in [4.69, 9.17) is 4.74 Å². The summed E-state index contributed by atoms with van der Waals surface area (Å²) in [5.41, 5.74) is -0.611. The van der Waals surface area contributed by atoms with E-state index in [2.05, 4.69) is 6.92 Å². The molecule has 0 aliphatic carbocycles. The van der Waals surface area contributed by atoms with E-state index in [1.165, 1.54) is 0 Å². The lowest BCUT2D eigenvalue weighted by Gasteiger charge is -2.35. The lowest BCUT2D eigenvalue weighted by molar-refractivity contribution is -0.00591. The SMILES string of the molecule is CCCCOC(=O)N1CCC(C)(O)CC1. The predicted molar refractivity (Wildman–Crippen MR) is 57.7 cm³/mol. The summed E-state index contributed by atoms with van der Waals surface area (Å²) in [7, 11) is 0. The highest BCUT2D eigenvalue weighted by Gasteiger charge is 2.30. The smallest absolute Gasteiger partial charge is 0.409 e. The normalized spacial score (nSPS) is 20.1. The molecule has 0 spiro atoms. The quantitative estimate of drug-likeness (QED) is 0.730. The number of unbranched alkanes of at least 4 members (excludes halogenated alkanes) is 1. The molecule has 0 bridgehead atoms. The van der Waals surface area contributed by atoms with Crippen molar-refractivity contribution >= 4 is 6.09 Å². The molecule has 0 radical (unpaired) electrons. The summed E-state index contributed by atoms with van der Waals surface area (Å²) in [5, 5.41) is 9.71. The Morgan fingerprint density at radius 3 is 2.60 bits per heavy atom. The largest absolute Gasteiger partial charge is 0.449 e. The Balaban J connectivity index is 2.24. The maximum absolute atomic E-state index is 11.5. The predicted octanol–water partition coefficient (Wildman–Crippen LogP) is 1.77. The van der Waals surface area contributed by atoms with Gasteiger partial charge in [-0.3, -0.25) is 0 Å². The molecule has 0 atom stereocenters. The van der Waals surface area contributed by atoms with E-state index in [9.17, 15) is 9.90 Å². The van der Waals surface area contributed by atoms with Crippen LogP contribution in [0.25, 0.3) is 0 Å². The fourth-order valence-electron chi connectivity index (χ4n) is 1.57. The van der Waals surface area contributed by atoms with Crippen LogP contribution in [0.1, 0.15) is 39.5 Å². The van der Waals surface area contributed by atoms with Crippen LogP contribution in [0, 0.1) is 0 Å². The number of aliphatic hydroxyl groups is 1. The Morgan fingerprint density at radius 2 is 2.07 bits per heavy atom. The molecule has 1 aliphatic heterocycles. The second-order valence-corrected chi connectivity index (χ2v) is 4.45. The van der Waals surface area contributed by atoms with Gasteiger partial charge in [-0.2, -0.15) is 0 Å². The van der Waals surface area contributed by atoms with Gasteiger partial charge < -0.3 is 14.7 Å². The summed E-state index contributed by atoms with van der Waals surface area (Å²) in [5.74, 6) is 0. The van der Waals surface area contributed by atoms with Gasteiger partial charge >= 0.3 is 6.09 Å². The van der Waals surface area contributed by atoms with Crippen molar-refractivity contribution in [1.29, 1.82) is 0 Å². The van der Waals surface area contributed by atoms with Crippen LogP contribution in [0.5, 0.6) is 0 Å². The molecule has 0 saturated carbocycles. The maximum Gasteiger partial charge on any atom is 0.409 e. The van der Waals surface area contributed by atoms with Crippen molar-refractivity contribution in [2.45, 2.75) is 45.1 Å². The third-order valence-corrected chi connectivity index (χ3v) is 2.82. The van der Waals surface area contributed by atoms with Crippen LogP contribution < -0.4 is 0 Å². The first-order chi connectivity index (χ1) is 7.05. The number of nitrogens with zero attached hydrogens (tertiary/aromatic N) is 1. The van der Waals surface area contributed by atoms with Crippen LogP contribution in [0.15, 0.2) is 0 Å². The van der Waals surface area contributed by atoms with Crippen molar-refractivity contribution in [3.8, 4) is 0 Å². The second-order valence-electron chi connectivity index (χ2n) is 4.45. The van der Waals surface area contributed by atoms with Gasteiger partial charge in [-0.25, -0.2) is 4.79 Å². The number of hydrogen-bond donors (Lipinski definition) is 1. The van der Waals surface area contributed by atoms with Gasteiger partial charge in [0.15, 0.2) is 0 Å². The third-order valence-electron chi connectivity index (χ3n) is 2.82. The van der Waals surface area contributed by atoms with E-state index >= 15 is 0 Å². The molecule has 88 valence electrons. The molecular formula is C11H21NO3. The Labute approximate surface area is 91.2 Å². The first kappa shape index (κ1) is 12.3. The molecule has 1 aliphatic rings. The fourth-order valence-corrected chi connectivity index (χ4v) is 1.57. The number of amides is 1. The summed E-state index contributed by atoms with van der Waals surface area (Å²) < 4.78 is 5.10. The van der Waals surface area contributed by atoms with Crippen LogP contribution in [-0.2, 0) is 4.74 Å². The highest BCUT2D eigenvalue weighted by atomic mass is 16.6. The Kier molecular flexibility index (Phi) is 4.39. The van der Waals surface area contributed by atoms with Gasteiger partial charge in [0.1, 0.15) is 0 Å². The van der Waals surface area contributed by atoms with E-state index in [1.807, 2.05) is 6.92 Å². The number of rotatable bonds is 3. The van der Waals surface area contributed by atoms with Gasteiger partial charge in [-0.1, -0.05) is 13.3 Å². The Bertz CT molecular complexity index is 206. The first-order valence-corrected chi connectivity index (χ1v) is 5.69. The molecule has 1 N–H and O–H groups in total. The van der Waals surface area contributed by atoms with Gasteiger partial charge in [0.25, 0.3) is 0 Å². The molecule has 0 unspecified atom stereocenters. The molecule has 1 rings (SSSR count). The number of hydrogen-bond acceptors (Lipinski definition) is 3. The van der Waals surface area contributed by atoms with E-state index in [0.717, 1.165) is 12.8 Å². The fraction of sp³-hybridized carbons (Fsp3) is 0.909. The molecule has 4 nitrogen and oxygen atoms in total. The second kappa shape index (κ2) is 5.35. The number of carbonyl (C=O) groups is 1. The molecule has 4 heteroatoms. The highest BCUT2D eigenvalue weighted by molar-refractivity contribution is 5.67. The lowest BCUT2D eigenvalue weighted by Crippen LogP contribution is -2.45. The molecule has 0 aromatic heterocycles. The van der Waals surface area contributed by atoms with Gasteiger partial charge in [-0.15, -0.1) is 0 Å². The van der Waals surface area contributed by atoms with Crippen molar-refractivity contribution in [3.63, 3.8) is 0 Å². The third kappa shape index (κ3) is 4.08. The summed E-state index contributed by atoms with van der Waals surface area (Å²) in [6.07, 6.45) is 2.98. The van der Waals surface area contributed by atoms with Crippen LogP contribution in [0.3, 0.4) is 0 Å². The summed E-state index contributed by atoms with van der Waals surface area (Å²) in [4.78, 5) is 13.2. The Hall–Kier alpha value is -0.770. The maximum atomic E-state index is 11.5. The van der Waals surface area contributed by atoms with E-state index in [0.29, 0.717) is 32.5 Å². The summed E-state index contributed by atoms with van der Waals surface area (Å²) >= 11 is 0. The zero-order valence-electron chi connectivity index (χ0n) is 9.66. The van der Waals surface area contributed by atoms with Gasteiger partial charge in [0, 0.05) is 13.1 Å². The number of piperidine rings is 1. The number of ether oxygens (including phenoxy) is 1. The van der Waals surface area contributed by atoms with Crippen LogP contribution in [-0.4, -0.2) is 41.4 Å². The zero-order chi connectivity index (χ0) is 11.3. The van der Waals surface area contributed by atoms with Crippen molar-refractivity contribution < 1.29 is 14.6 Å². The summed E-state index contributed by atoms with van der Waals surface area (Å²) in [6.45, 7) is 5.57. The zero-order valence-corrected chi connectivity index (χ0v) is 9.66. The minimum absolute atomic E-state index is 0.237. The minimum atomic E-state index is -0.611. The molecule has 1 amide bonds. The molecule has 1 fully saturated rings. The average molecular weight is 215 g/mol. The number of carbonyl (C=O) groups excluding carboxylic acids is 1. The molecule has 1 heterocycles. The number of likely N-dealkylation sites (tertiary alicyclic amines) is 1. The van der Waals surface area contributed by atoms with Gasteiger partial charge in [-0.05, 0) is 26.2 Å². The monoisotopic (exact) mass is 215 g/mol. The molecule has 15 heavy (non-hydrogen) atoms. The summed E-state index contributed by atoms with van der Waals surface area (Å²) in [6, 6.07) is 0. The van der Waals surface area contributed by atoms with E-state index in [-0.39, 0.29) is 6.09 Å². The van der Waals surface area contributed by atoms with Crippen LogP contribution in [0.4, 0.5) is 4.79 Å². The van der Waals surface area contributed by atoms with Crippen molar-refractivity contribution in [3.05, 3.63) is 0 Å². The van der Waals surface area contributed by atoms with Crippen molar-refractivity contribution in [2.75, 3.05) is 19.7 Å². The topological polar surface area (TPSA) is 49.8 Å². The first-order valence-electron chi connectivity index (χ1n) is 5.69. The molecule has 1 saturated heterocycles. The standard InChI is InChI=1S/C11H21NO3/c1-3-4-9-15-10(13)12-7-5-11(2,14)6-8-12/h14H,3-9H2,1-2H3. The Morgan fingerprint density at radius 1 is 1.47 bits per heavy atom. The molecule has 0 aromatic carbocycles. The average Bonchev–Trinajstić information content (AvgIpc) is 2.18. The van der Waals surface area contributed by atoms with E-state index < -0.39 is 5.60 Å². The van der Waals surface area contributed by atoms with E-state index in [1.54, 1.807) is 4.90 Å². The van der Waals surface area contributed by atoms with Crippen LogP contribution >= 0.6 is 0 Å². The van der Waals surface area contributed by atoms with Crippen molar-refractivity contribution in [2.24, 2.45) is 0 Å². The van der Waals surface area contributed by atoms with Crippen molar-refractivity contribution in [1.82, 2.24) is 4.90 Å². The highest BCUT2D eigenvalue weighted by Crippen LogP contribution is 2.21. The molecule has 0 aromatic rings. The van der Waals surface area contributed by atoms with Gasteiger partial charge in [0.05, 0.1) is 12.2 Å². The molecular weight excluding hydrogens is 194 g/mol. The minimum Gasteiger partial charge on any atom is -0.449 e.